The number of ether oxygens (including phenoxy) is 3. The molecule has 1 fully saturated rings. The second-order valence-corrected chi connectivity index (χ2v) is 6.82. The summed E-state index contributed by atoms with van der Waals surface area (Å²) >= 11 is 0. The summed E-state index contributed by atoms with van der Waals surface area (Å²) < 4.78 is 17.1. The van der Waals surface area contributed by atoms with Crippen LogP contribution in [0.5, 0.6) is 11.5 Å². The molecular weight excluding hydrogens is 346 g/mol. The maximum absolute atomic E-state index is 12.8. The Kier molecular flexibility index (Phi) is 4.71. The van der Waals surface area contributed by atoms with Gasteiger partial charge in [-0.2, -0.15) is 0 Å². The normalized spacial score (nSPS) is 21.8. The molecule has 1 heterocycles. The van der Waals surface area contributed by atoms with Crippen molar-refractivity contribution < 1.29 is 23.8 Å². The monoisotopic (exact) mass is 367 g/mol. The number of nitrogens with one attached hydrogen (secondary N) is 1. The first-order chi connectivity index (χ1) is 13.1. The Morgan fingerprint density at radius 1 is 1.00 bits per heavy atom. The minimum atomic E-state index is -1.02. The number of amides is 1. The van der Waals surface area contributed by atoms with E-state index in [1.54, 1.807) is 49.4 Å². The molecule has 2 aromatic carbocycles. The molecule has 0 spiro atoms. The summed E-state index contributed by atoms with van der Waals surface area (Å²) in [4.78, 5) is 25.4. The summed E-state index contributed by atoms with van der Waals surface area (Å²) in [7, 11) is 0. The van der Waals surface area contributed by atoms with Gasteiger partial charge in [-0.25, -0.2) is 4.79 Å². The lowest BCUT2D eigenvalue weighted by molar-refractivity contribution is -0.168. The third-order valence-corrected chi connectivity index (χ3v) is 4.57. The van der Waals surface area contributed by atoms with Gasteiger partial charge in [0.15, 0.2) is 11.5 Å². The van der Waals surface area contributed by atoms with E-state index >= 15 is 0 Å². The summed E-state index contributed by atoms with van der Waals surface area (Å²) in [6, 6.07) is 16.3. The number of para-hydroxylation sites is 2. The number of rotatable bonds is 5. The molecule has 6 nitrogen and oxygen atoms in total. The number of hydrogen-bond donors (Lipinski definition) is 1. The zero-order chi connectivity index (χ0) is 18.8. The summed E-state index contributed by atoms with van der Waals surface area (Å²) in [5.74, 6) is 0.120. The molecule has 4 rings (SSSR count). The minimum absolute atomic E-state index is 0.169. The van der Waals surface area contributed by atoms with E-state index in [2.05, 4.69) is 5.32 Å². The van der Waals surface area contributed by atoms with Crippen molar-refractivity contribution in [3.8, 4) is 11.5 Å². The van der Waals surface area contributed by atoms with Crippen LogP contribution in [0.15, 0.2) is 54.6 Å². The van der Waals surface area contributed by atoms with Gasteiger partial charge in [0.25, 0.3) is 5.91 Å². The van der Waals surface area contributed by atoms with Crippen LogP contribution in [0, 0.1) is 0 Å². The van der Waals surface area contributed by atoms with Gasteiger partial charge in [-0.05, 0) is 31.9 Å². The highest BCUT2D eigenvalue weighted by molar-refractivity contribution is 5.86. The fourth-order valence-corrected chi connectivity index (χ4v) is 2.97. The number of carbonyl (C=O) groups is 2. The van der Waals surface area contributed by atoms with Crippen molar-refractivity contribution in [1.82, 2.24) is 5.32 Å². The van der Waals surface area contributed by atoms with Gasteiger partial charge in [0.1, 0.15) is 6.10 Å². The number of carbonyl (C=O) groups excluding carboxylic acids is 2. The summed E-state index contributed by atoms with van der Waals surface area (Å²) in [5, 5.41) is 2.90. The number of hydrogen-bond acceptors (Lipinski definition) is 5. The highest BCUT2D eigenvalue weighted by atomic mass is 16.6. The van der Waals surface area contributed by atoms with Crippen molar-refractivity contribution in [2.45, 2.75) is 44.1 Å². The van der Waals surface area contributed by atoms with Gasteiger partial charge in [0.2, 0.25) is 12.2 Å². The van der Waals surface area contributed by atoms with E-state index in [-0.39, 0.29) is 11.9 Å². The minimum Gasteiger partial charge on any atom is -0.482 e. The highest BCUT2D eigenvalue weighted by Crippen LogP contribution is 2.34. The Hall–Kier alpha value is -3.02. The molecule has 2 aliphatic rings. The van der Waals surface area contributed by atoms with Crippen molar-refractivity contribution in [3.05, 3.63) is 60.2 Å². The van der Waals surface area contributed by atoms with Gasteiger partial charge in [-0.3, -0.25) is 4.79 Å². The highest BCUT2D eigenvalue weighted by Gasteiger charge is 2.39. The Labute approximate surface area is 157 Å². The average molecular weight is 367 g/mol. The van der Waals surface area contributed by atoms with Gasteiger partial charge in [0, 0.05) is 11.6 Å². The van der Waals surface area contributed by atoms with Gasteiger partial charge in [-0.15, -0.1) is 0 Å². The van der Waals surface area contributed by atoms with Crippen LogP contribution in [0.1, 0.15) is 31.4 Å². The van der Waals surface area contributed by atoms with Crippen molar-refractivity contribution in [2.24, 2.45) is 0 Å². The predicted octanol–water partition coefficient (Wildman–Crippen LogP) is 2.78. The lowest BCUT2D eigenvalue weighted by Gasteiger charge is -2.31. The van der Waals surface area contributed by atoms with Crippen LogP contribution in [-0.4, -0.2) is 30.1 Å². The smallest absolute Gasteiger partial charge is 0.352 e. The molecule has 1 saturated carbocycles. The number of benzene rings is 2. The fourth-order valence-electron chi connectivity index (χ4n) is 2.97. The van der Waals surface area contributed by atoms with Crippen molar-refractivity contribution in [1.29, 1.82) is 0 Å². The van der Waals surface area contributed by atoms with Crippen LogP contribution in [0.3, 0.4) is 0 Å². The Morgan fingerprint density at radius 2 is 1.63 bits per heavy atom. The van der Waals surface area contributed by atoms with Crippen molar-refractivity contribution in [2.75, 3.05) is 0 Å². The van der Waals surface area contributed by atoms with Crippen LogP contribution < -0.4 is 14.8 Å². The maximum atomic E-state index is 12.8. The van der Waals surface area contributed by atoms with E-state index in [0.717, 1.165) is 12.8 Å². The fraction of sp³-hybridized carbons (Fsp3) is 0.333. The average Bonchev–Trinajstić information content (AvgIpc) is 3.50. The Bertz CT molecular complexity index is 833. The van der Waals surface area contributed by atoms with Gasteiger partial charge in [-0.1, -0.05) is 42.5 Å². The molecule has 1 aliphatic heterocycles. The maximum Gasteiger partial charge on any atom is 0.352 e. The molecule has 0 unspecified atom stereocenters. The Balaban J connectivity index is 1.52. The topological polar surface area (TPSA) is 73.9 Å². The second-order valence-electron chi connectivity index (χ2n) is 6.82. The molecular formula is C21H21NO5. The van der Waals surface area contributed by atoms with Crippen LogP contribution in [-0.2, 0) is 14.3 Å². The zero-order valence-electron chi connectivity index (χ0n) is 15.0. The van der Waals surface area contributed by atoms with Crippen LogP contribution >= 0.6 is 0 Å². The first-order valence-corrected chi connectivity index (χ1v) is 9.10. The third-order valence-electron chi connectivity index (χ3n) is 4.57. The standard InChI is InChI=1S/C21H21NO5/c1-13-18(26-17-10-6-5-9-16(17)25-13)21(24)27-19(14-7-3-2-4-8-14)20(23)22-15-11-12-15/h2-10,13,15,18-19H,11-12H2,1H3,(H,22,23)/t13-,18-,19-/m0/s1. The third kappa shape index (κ3) is 3.89. The first kappa shape index (κ1) is 17.4. The molecule has 27 heavy (non-hydrogen) atoms. The molecule has 1 amide bonds. The van der Waals surface area contributed by atoms with Gasteiger partial charge < -0.3 is 19.5 Å². The largest absolute Gasteiger partial charge is 0.482 e. The lowest BCUT2D eigenvalue weighted by atomic mass is 10.1. The number of fused-ring (bicyclic) bond motifs is 1. The van der Waals surface area contributed by atoms with Crippen molar-refractivity contribution >= 4 is 11.9 Å². The molecule has 1 aliphatic carbocycles. The molecule has 2 aromatic rings. The molecule has 0 radical (unpaired) electrons. The molecule has 1 N–H and O–H groups in total. The van der Waals surface area contributed by atoms with Crippen molar-refractivity contribution in [3.63, 3.8) is 0 Å². The quantitative estimate of drug-likeness (QED) is 0.823. The van der Waals surface area contributed by atoms with Crippen LogP contribution in [0.25, 0.3) is 0 Å². The SMILES string of the molecule is C[C@@H]1Oc2ccccc2O[C@@H]1C(=O)O[C@H](C(=O)NC1CC1)c1ccccc1. The second kappa shape index (κ2) is 7.31. The van der Waals surface area contributed by atoms with E-state index in [1.807, 2.05) is 12.1 Å². The summed E-state index contributed by atoms with van der Waals surface area (Å²) in [6.07, 6.45) is -0.592. The summed E-state index contributed by atoms with van der Waals surface area (Å²) in [5.41, 5.74) is 0.619. The van der Waals surface area contributed by atoms with Crippen LogP contribution in [0.2, 0.25) is 0 Å². The van der Waals surface area contributed by atoms with Gasteiger partial charge in [0.05, 0.1) is 0 Å². The first-order valence-electron chi connectivity index (χ1n) is 9.10. The van der Waals surface area contributed by atoms with E-state index in [9.17, 15) is 9.59 Å². The van der Waals surface area contributed by atoms with E-state index in [1.165, 1.54) is 0 Å². The van der Waals surface area contributed by atoms with Crippen LogP contribution in [0.4, 0.5) is 0 Å². The summed E-state index contributed by atoms with van der Waals surface area (Å²) in [6.45, 7) is 1.74. The Morgan fingerprint density at radius 3 is 2.30 bits per heavy atom. The zero-order valence-corrected chi connectivity index (χ0v) is 15.0. The van der Waals surface area contributed by atoms with E-state index in [0.29, 0.717) is 17.1 Å². The molecule has 0 saturated heterocycles. The molecule has 140 valence electrons. The lowest BCUT2D eigenvalue weighted by Crippen LogP contribution is -2.46. The van der Waals surface area contributed by atoms with E-state index < -0.39 is 24.3 Å². The van der Waals surface area contributed by atoms with Gasteiger partial charge >= 0.3 is 5.97 Å². The predicted molar refractivity (Wildman–Crippen MR) is 97.4 cm³/mol. The molecule has 0 bridgehead atoms. The molecule has 0 aromatic heterocycles. The molecule has 6 heteroatoms. The van der Waals surface area contributed by atoms with E-state index in [4.69, 9.17) is 14.2 Å². The molecule has 3 atom stereocenters. The number of esters is 1.